The fraction of sp³-hybridized carbons (Fsp3) is 0.929. The molecule has 92 valence electrons. The second-order valence-corrected chi connectivity index (χ2v) is 5.57. The van der Waals surface area contributed by atoms with Crippen molar-refractivity contribution in [3.63, 3.8) is 0 Å². The van der Waals surface area contributed by atoms with Gasteiger partial charge in [-0.3, -0.25) is 4.79 Å². The summed E-state index contributed by atoms with van der Waals surface area (Å²) in [7, 11) is 0. The molecule has 2 nitrogen and oxygen atoms in total. The third-order valence-electron chi connectivity index (χ3n) is 4.42. The molecule has 0 radical (unpaired) electrons. The first-order valence-electron chi connectivity index (χ1n) is 7.02. The normalized spacial score (nSPS) is 33.3. The highest BCUT2D eigenvalue weighted by molar-refractivity contribution is 5.78. The predicted molar refractivity (Wildman–Crippen MR) is 66.5 cm³/mol. The summed E-state index contributed by atoms with van der Waals surface area (Å²) in [4.78, 5) is 14.1. The first kappa shape index (κ1) is 12.1. The zero-order valence-electron chi connectivity index (χ0n) is 10.6. The third kappa shape index (κ3) is 3.07. The van der Waals surface area contributed by atoms with E-state index in [0.717, 1.165) is 18.9 Å². The van der Waals surface area contributed by atoms with Crippen LogP contribution < -0.4 is 0 Å². The van der Waals surface area contributed by atoms with Gasteiger partial charge < -0.3 is 4.90 Å². The number of hydrogen-bond donors (Lipinski definition) is 0. The summed E-state index contributed by atoms with van der Waals surface area (Å²) in [6.07, 6.45) is 10.3. The number of hydrogen-bond acceptors (Lipinski definition) is 2. The Bertz CT molecular complexity index is 233. The number of carbonyl (C=O) groups is 1. The maximum atomic E-state index is 11.4. The van der Waals surface area contributed by atoms with E-state index in [9.17, 15) is 4.79 Å². The first-order chi connectivity index (χ1) is 7.77. The molecular formula is C14H25NO. The molecule has 0 N–H and O–H groups in total. The van der Waals surface area contributed by atoms with E-state index in [1.807, 2.05) is 0 Å². The van der Waals surface area contributed by atoms with Gasteiger partial charge in [-0.1, -0.05) is 12.8 Å². The highest BCUT2D eigenvalue weighted by Gasteiger charge is 2.26. The quantitative estimate of drug-likeness (QED) is 0.671. The highest BCUT2D eigenvalue weighted by atomic mass is 16.1. The van der Waals surface area contributed by atoms with Crippen LogP contribution in [0.2, 0.25) is 0 Å². The minimum absolute atomic E-state index is 0.370. The van der Waals surface area contributed by atoms with Gasteiger partial charge in [-0.05, 0) is 58.5 Å². The summed E-state index contributed by atoms with van der Waals surface area (Å²) < 4.78 is 0. The largest absolute Gasteiger partial charge is 0.300 e. The summed E-state index contributed by atoms with van der Waals surface area (Å²) in [6, 6.07) is 0.782. The van der Waals surface area contributed by atoms with Crippen LogP contribution in [0.15, 0.2) is 0 Å². The van der Waals surface area contributed by atoms with E-state index in [1.54, 1.807) is 6.92 Å². The number of rotatable bonds is 2. The minimum Gasteiger partial charge on any atom is -0.300 e. The standard InChI is InChI=1S/C14H25NO/c1-12(16)13-6-5-7-14(9-8-13)15-10-3-2-4-11-15/h13-14H,2-11H2,1H3. The van der Waals surface area contributed by atoms with Crippen LogP contribution in [0, 0.1) is 5.92 Å². The van der Waals surface area contributed by atoms with Crippen molar-refractivity contribution in [1.82, 2.24) is 4.90 Å². The Labute approximate surface area is 99.4 Å². The molecule has 2 atom stereocenters. The second-order valence-electron chi connectivity index (χ2n) is 5.57. The molecule has 0 bridgehead atoms. The zero-order chi connectivity index (χ0) is 11.4. The smallest absolute Gasteiger partial charge is 0.132 e. The average Bonchev–Trinajstić information content (AvgIpc) is 2.55. The Morgan fingerprint density at radius 1 is 0.938 bits per heavy atom. The van der Waals surface area contributed by atoms with Gasteiger partial charge in [0.1, 0.15) is 5.78 Å². The fourth-order valence-electron chi connectivity index (χ4n) is 3.34. The average molecular weight is 223 g/mol. The summed E-state index contributed by atoms with van der Waals surface area (Å²) in [5, 5.41) is 0. The van der Waals surface area contributed by atoms with Crippen molar-refractivity contribution in [2.75, 3.05) is 13.1 Å². The predicted octanol–water partition coefficient (Wildman–Crippen LogP) is 3.01. The van der Waals surface area contributed by atoms with Gasteiger partial charge in [-0.25, -0.2) is 0 Å². The van der Waals surface area contributed by atoms with Crippen LogP contribution in [0.5, 0.6) is 0 Å². The van der Waals surface area contributed by atoms with Crippen LogP contribution in [0.25, 0.3) is 0 Å². The monoisotopic (exact) mass is 223 g/mol. The Morgan fingerprint density at radius 3 is 2.38 bits per heavy atom. The van der Waals surface area contributed by atoms with E-state index in [2.05, 4.69) is 4.90 Å². The molecule has 1 aliphatic heterocycles. The molecule has 1 saturated carbocycles. The molecule has 2 rings (SSSR count). The van der Waals surface area contributed by atoms with E-state index in [4.69, 9.17) is 0 Å². The zero-order valence-corrected chi connectivity index (χ0v) is 10.6. The molecule has 2 unspecified atom stereocenters. The lowest BCUT2D eigenvalue weighted by atomic mass is 9.96. The molecule has 0 aromatic carbocycles. The number of carbonyl (C=O) groups excluding carboxylic acids is 1. The lowest BCUT2D eigenvalue weighted by Crippen LogP contribution is -2.38. The van der Waals surface area contributed by atoms with Crippen molar-refractivity contribution in [3.8, 4) is 0 Å². The van der Waals surface area contributed by atoms with Gasteiger partial charge in [0, 0.05) is 12.0 Å². The van der Waals surface area contributed by atoms with Crippen molar-refractivity contribution in [3.05, 3.63) is 0 Å². The molecule has 1 heterocycles. The van der Waals surface area contributed by atoms with Gasteiger partial charge >= 0.3 is 0 Å². The number of likely N-dealkylation sites (tertiary alicyclic amines) is 1. The van der Waals surface area contributed by atoms with Crippen LogP contribution in [-0.2, 0) is 4.79 Å². The Hall–Kier alpha value is -0.370. The highest BCUT2D eigenvalue weighted by Crippen LogP contribution is 2.28. The topological polar surface area (TPSA) is 20.3 Å². The molecule has 2 fully saturated rings. The molecule has 1 aliphatic carbocycles. The van der Waals surface area contributed by atoms with Crippen LogP contribution in [-0.4, -0.2) is 29.8 Å². The molecule has 1 saturated heterocycles. The summed E-state index contributed by atoms with van der Waals surface area (Å²) in [5.41, 5.74) is 0. The molecule has 0 aromatic rings. The fourth-order valence-corrected chi connectivity index (χ4v) is 3.34. The second kappa shape index (κ2) is 5.81. The van der Waals surface area contributed by atoms with Crippen molar-refractivity contribution < 1.29 is 4.79 Å². The summed E-state index contributed by atoms with van der Waals surface area (Å²) in [5.74, 6) is 0.786. The van der Waals surface area contributed by atoms with Gasteiger partial charge in [0.25, 0.3) is 0 Å². The van der Waals surface area contributed by atoms with Crippen molar-refractivity contribution in [2.45, 2.75) is 64.3 Å². The Morgan fingerprint density at radius 2 is 1.69 bits per heavy atom. The number of nitrogens with zero attached hydrogens (tertiary/aromatic N) is 1. The van der Waals surface area contributed by atoms with Crippen molar-refractivity contribution in [1.29, 1.82) is 0 Å². The Kier molecular flexibility index (Phi) is 4.39. The number of piperidine rings is 1. The lowest BCUT2D eigenvalue weighted by Gasteiger charge is -2.34. The first-order valence-corrected chi connectivity index (χ1v) is 7.02. The molecule has 0 spiro atoms. The van der Waals surface area contributed by atoms with Crippen LogP contribution in [0.4, 0.5) is 0 Å². The van der Waals surface area contributed by atoms with E-state index in [1.165, 1.54) is 51.6 Å². The molecule has 0 amide bonds. The van der Waals surface area contributed by atoms with Crippen LogP contribution >= 0.6 is 0 Å². The number of ketones is 1. The SMILES string of the molecule is CC(=O)C1CCCC(N2CCCCC2)CC1. The van der Waals surface area contributed by atoms with Crippen LogP contribution in [0.3, 0.4) is 0 Å². The molecular weight excluding hydrogens is 198 g/mol. The summed E-state index contributed by atoms with van der Waals surface area (Å²) >= 11 is 0. The van der Waals surface area contributed by atoms with Crippen molar-refractivity contribution in [2.24, 2.45) is 5.92 Å². The van der Waals surface area contributed by atoms with E-state index < -0.39 is 0 Å². The maximum absolute atomic E-state index is 11.4. The molecule has 0 aromatic heterocycles. The van der Waals surface area contributed by atoms with Gasteiger partial charge in [-0.2, -0.15) is 0 Å². The lowest BCUT2D eigenvalue weighted by molar-refractivity contribution is -0.121. The van der Waals surface area contributed by atoms with Crippen molar-refractivity contribution >= 4 is 5.78 Å². The van der Waals surface area contributed by atoms with Gasteiger partial charge in [-0.15, -0.1) is 0 Å². The minimum atomic E-state index is 0.370. The summed E-state index contributed by atoms with van der Waals surface area (Å²) in [6.45, 7) is 4.37. The van der Waals surface area contributed by atoms with Gasteiger partial charge in [0.05, 0.1) is 0 Å². The molecule has 2 aliphatic rings. The van der Waals surface area contributed by atoms with E-state index >= 15 is 0 Å². The van der Waals surface area contributed by atoms with Gasteiger partial charge in [0.2, 0.25) is 0 Å². The van der Waals surface area contributed by atoms with Crippen LogP contribution in [0.1, 0.15) is 58.3 Å². The van der Waals surface area contributed by atoms with E-state index in [-0.39, 0.29) is 0 Å². The molecule has 2 heteroatoms. The Balaban J connectivity index is 1.85. The third-order valence-corrected chi connectivity index (χ3v) is 4.42. The van der Waals surface area contributed by atoms with E-state index in [0.29, 0.717) is 11.7 Å². The van der Waals surface area contributed by atoms with Gasteiger partial charge in [0.15, 0.2) is 0 Å². The maximum Gasteiger partial charge on any atom is 0.132 e. The molecule has 16 heavy (non-hydrogen) atoms. The number of Topliss-reactive ketones (excluding diaryl/α,β-unsaturated/α-hetero) is 1.